The first-order valence-electron chi connectivity index (χ1n) is 2.86. The van der Waals surface area contributed by atoms with Crippen LogP contribution in [0.15, 0.2) is 0 Å². The molecule has 0 aromatic carbocycles. The van der Waals surface area contributed by atoms with E-state index in [0.717, 1.165) is 0 Å². The summed E-state index contributed by atoms with van der Waals surface area (Å²) in [6, 6.07) is 0. The molecule has 0 atom stereocenters. The second kappa shape index (κ2) is 6.63. The fourth-order valence-corrected chi connectivity index (χ4v) is 0.931. The number of carbonyl (C=O) groups excluding carboxylic acids is 1. The second-order valence-corrected chi connectivity index (χ2v) is 3.53. The van der Waals surface area contributed by atoms with Crippen molar-refractivity contribution in [3.05, 3.63) is 0 Å². The van der Waals surface area contributed by atoms with Crippen molar-refractivity contribution in [2.75, 3.05) is 5.75 Å². The Kier molecular flexibility index (Phi) is 8.10. The molecule has 0 aromatic rings. The van der Waals surface area contributed by atoms with Crippen LogP contribution in [-0.2, 0) is 14.9 Å². The minimum absolute atomic E-state index is 0. The number of ketones is 1. The molecule has 4 nitrogen and oxygen atoms in total. The summed E-state index contributed by atoms with van der Waals surface area (Å²) < 4.78 is 28.4. The zero-order valence-electron chi connectivity index (χ0n) is 7.78. The van der Waals surface area contributed by atoms with Gasteiger partial charge in [-0.1, -0.05) is 5.92 Å². The van der Waals surface area contributed by atoms with Gasteiger partial charge in [0.05, 0.1) is 12.2 Å². The molecule has 6 heteroatoms. The molecule has 1 N–H and O–H groups in total. The van der Waals surface area contributed by atoms with Crippen LogP contribution in [0.2, 0.25) is 0 Å². The van der Waals surface area contributed by atoms with E-state index in [1.54, 1.807) is 0 Å². The van der Waals surface area contributed by atoms with Gasteiger partial charge in [0.15, 0.2) is 0 Å². The van der Waals surface area contributed by atoms with Gasteiger partial charge in [0.25, 0.3) is 10.1 Å². The van der Waals surface area contributed by atoms with E-state index in [1.165, 1.54) is 0 Å². The van der Waals surface area contributed by atoms with Crippen LogP contribution in [0.4, 0.5) is 0 Å². The van der Waals surface area contributed by atoms with Crippen LogP contribution in [0, 0.1) is 12.3 Å². The van der Waals surface area contributed by atoms with Crippen LogP contribution in [-0.4, -0.2) is 24.5 Å². The number of Topliss-reactive ketones (excluding diaryl/α,β-unsaturated/α-hetero) is 1. The average molecular weight is 200 g/mol. The first kappa shape index (κ1) is 14.7. The van der Waals surface area contributed by atoms with Crippen molar-refractivity contribution in [3.8, 4) is 12.3 Å². The van der Waals surface area contributed by atoms with E-state index in [1.807, 2.05) is 0 Å². The predicted octanol–water partition coefficient (Wildman–Crippen LogP) is -3.03. The largest absolute Gasteiger partial charge is 1.00 e. The molecule has 64 valence electrons. The van der Waals surface area contributed by atoms with Crippen molar-refractivity contribution in [1.29, 1.82) is 0 Å². The first-order chi connectivity index (χ1) is 4.95. The predicted molar refractivity (Wildman–Crippen MR) is 40.6 cm³/mol. The van der Waals surface area contributed by atoms with E-state index in [4.69, 9.17) is 11.0 Å². The molecule has 0 saturated carbocycles. The van der Waals surface area contributed by atoms with Crippen molar-refractivity contribution in [1.82, 2.24) is 0 Å². The maximum atomic E-state index is 10.6. The van der Waals surface area contributed by atoms with E-state index in [0.29, 0.717) is 0 Å². The van der Waals surface area contributed by atoms with E-state index in [2.05, 4.69) is 5.92 Å². The Morgan fingerprint density at radius 1 is 1.58 bits per heavy atom. The van der Waals surface area contributed by atoms with E-state index in [-0.39, 0.29) is 49.6 Å². The molecule has 0 rings (SSSR count). The molecule has 0 amide bonds. The maximum absolute atomic E-state index is 10.6. The quantitative estimate of drug-likeness (QED) is 0.298. The summed E-state index contributed by atoms with van der Waals surface area (Å²) in [7, 11) is -4.03. The fraction of sp³-hybridized carbons (Fsp3) is 0.500. The van der Waals surface area contributed by atoms with Gasteiger partial charge in [0.1, 0.15) is 5.78 Å². The molecule has 0 aromatic heterocycles. The number of terminal acetylenes is 1. The van der Waals surface area contributed by atoms with Crippen molar-refractivity contribution in [2.45, 2.75) is 12.8 Å². The van der Waals surface area contributed by atoms with Crippen molar-refractivity contribution in [2.24, 2.45) is 0 Å². The van der Waals surface area contributed by atoms with Crippen LogP contribution >= 0.6 is 0 Å². The zero-order valence-corrected chi connectivity index (χ0v) is 9.60. The number of hydrogen-bond acceptors (Lipinski definition) is 3. The number of carbonyl (C=O) groups is 1. The van der Waals surface area contributed by atoms with Gasteiger partial charge in [0.2, 0.25) is 0 Å². The Labute approximate surface area is 95.3 Å². The van der Waals surface area contributed by atoms with Gasteiger partial charge in [-0.15, -0.1) is 6.42 Å². The normalized spacial score (nSPS) is 9.67. The molecule has 0 aliphatic rings. The second-order valence-electron chi connectivity index (χ2n) is 1.96. The molecule has 0 aliphatic heterocycles. The maximum Gasteiger partial charge on any atom is 1.00 e. The van der Waals surface area contributed by atoms with Gasteiger partial charge in [-0.05, 0) is 0 Å². The van der Waals surface area contributed by atoms with Crippen LogP contribution < -0.4 is 29.6 Å². The van der Waals surface area contributed by atoms with Gasteiger partial charge in [-0.2, -0.15) is 8.42 Å². The molecule has 0 fully saturated rings. The first-order valence-corrected chi connectivity index (χ1v) is 4.47. The topological polar surface area (TPSA) is 71.4 Å². The Hall–Kier alpha value is 0.140. The zero-order chi connectivity index (χ0) is 8.91. The summed E-state index contributed by atoms with van der Waals surface area (Å²) in [6.45, 7) is 0. The third kappa shape index (κ3) is 10.1. The Morgan fingerprint density at radius 2 is 2.08 bits per heavy atom. The molecule has 0 bridgehead atoms. The summed E-state index contributed by atoms with van der Waals surface area (Å²) >= 11 is 0. The SMILES string of the molecule is C#CCC(=O)CCS(=O)(=O)O.[H-].[Na+]. The summed E-state index contributed by atoms with van der Waals surface area (Å²) in [5.74, 6) is 1.17. The Bertz CT molecular complexity index is 279. The minimum atomic E-state index is -4.03. The summed E-state index contributed by atoms with van der Waals surface area (Å²) in [4.78, 5) is 10.6. The van der Waals surface area contributed by atoms with Crippen LogP contribution in [0.25, 0.3) is 0 Å². The minimum Gasteiger partial charge on any atom is -1.00 e. The average Bonchev–Trinajstić information content (AvgIpc) is 1.83. The van der Waals surface area contributed by atoms with Gasteiger partial charge >= 0.3 is 29.6 Å². The van der Waals surface area contributed by atoms with Gasteiger partial charge < -0.3 is 1.43 Å². The van der Waals surface area contributed by atoms with E-state index < -0.39 is 15.9 Å². The molecule has 0 unspecified atom stereocenters. The monoisotopic (exact) mass is 200 g/mol. The van der Waals surface area contributed by atoms with Gasteiger partial charge in [-0.3, -0.25) is 9.35 Å². The molecule has 0 saturated heterocycles. The molecule has 12 heavy (non-hydrogen) atoms. The van der Waals surface area contributed by atoms with Crippen LogP contribution in [0.5, 0.6) is 0 Å². The Balaban J connectivity index is -0.000000500. The van der Waals surface area contributed by atoms with E-state index in [9.17, 15) is 13.2 Å². The Morgan fingerprint density at radius 3 is 2.42 bits per heavy atom. The van der Waals surface area contributed by atoms with Crippen molar-refractivity contribution in [3.63, 3.8) is 0 Å². The summed E-state index contributed by atoms with van der Waals surface area (Å²) in [5.41, 5.74) is 0. The number of rotatable bonds is 4. The van der Waals surface area contributed by atoms with Crippen LogP contribution in [0.3, 0.4) is 0 Å². The standard InChI is InChI=1S/C6H8O4S.Na.H/c1-2-3-6(7)4-5-11(8,9)10;;/h1H,3-5H2,(H,8,9,10);;/q;+1;-1. The van der Waals surface area contributed by atoms with Crippen molar-refractivity contribution < 1.29 is 48.7 Å². The third-order valence-corrected chi connectivity index (χ3v) is 1.66. The smallest absolute Gasteiger partial charge is 1.00 e. The van der Waals surface area contributed by atoms with Gasteiger partial charge in [0, 0.05) is 6.42 Å². The van der Waals surface area contributed by atoms with Crippen molar-refractivity contribution >= 4 is 15.9 Å². The summed E-state index contributed by atoms with van der Waals surface area (Å²) in [6.07, 6.45) is 4.48. The molecule has 0 radical (unpaired) electrons. The number of hydrogen-bond donors (Lipinski definition) is 1. The molecular formula is C6H9NaO4S. The molecule has 0 aliphatic carbocycles. The third-order valence-electron chi connectivity index (χ3n) is 0.938. The van der Waals surface area contributed by atoms with E-state index >= 15 is 0 Å². The molecular weight excluding hydrogens is 191 g/mol. The van der Waals surface area contributed by atoms with Gasteiger partial charge in [-0.25, -0.2) is 0 Å². The summed E-state index contributed by atoms with van der Waals surface area (Å²) in [5, 5.41) is 0. The molecule has 0 heterocycles. The van der Waals surface area contributed by atoms with Crippen LogP contribution in [0.1, 0.15) is 14.3 Å². The molecule has 0 spiro atoms. The fourth-order valence-electron chi connectivity index (χ4n) is 0.445.